The van der Waals surface area contributed by atoms with Crippen molar-refractivity contribution in [2.75, 3.05) is 12.2 Å². The molecule has 0 aliphatic rings. The summed E-state index contributed by atoms with van der Waals surface area (Å²) in [4.78, 5) is 11.6. The lowest BCUT2D eigenvalue weighted by atomic mass is 10.3. The van der Waals surface area contributed by atoms with Gasteiger partial charge in [-0.2, -0.15) is 0 Å². The first-order chi connectivity index (χ1) is 11.1. The van der Waals surface area contributed by atoms with Crippen LogP contribution in [0.3, 0.4) is 0 Å². The van der Waals surface area contributed by atoms with Crippen molar-refractivity contribution < 1.29 is 23.4 Å². The highest BCUT2D eigenvalue weighted by atomic mass is 32.2. The van der Waals surface area contributed by atoms with Crippen LogP contribution >= 0.6 is 11.8 Å². The fourth-order valence-electron chi connectivity index (χ4n) is 1.71. The third-order valence-corrected chi connectivity index (χ3v) is 3.19. The topological polar surface area (TPSA) is 44.8 Å². The summed E-state index contributed by atoms with van der Waals surface area (Å²) in [5.41, 5.74) is 0. The Morgan fingerprint density at radius 3 is 2.13 bits per heavy atom. The average molecular weight is 336 g/mol. The van der Waals surface area contributed by atoms with E-state index in [0.717, 1.165) is 0 Å². The van der Waals surface area contributed by atoms with E-state index in [1.165, 1.54) is 23.9 Å². The summed E-state index contributed by atoms with van der Waals surface area (Å²) in [6.45, 7) is 1.63. The minimum Gasteiger partial charge on any atom is -0.479 e. The Morgan fingerprint density at radius 2 is 1.57 bits per heavy atom. The predicted molar refractivity (Wildman–Crippen MR) is 87.5 cm³/mol. The van der Waals surface area contributed by atoms with E-state index >= 15 is 0 Å². The van der Waals surface area contributed by atoms with Crippen molar-refractivity contribution in [3.05, 3.63) is 54.3 Å². The number of carbonyl (C=O) groups excluding carboxylic acids is 1. The molecule has 1 unspecified atom stereocenters. The minimum absolute atomic E-state index is 0.303. The second kappa shape index (κ2) is 8.43. The summed E-state index contributed by atoms with van der Waals surface area (Å²) in [6, 6.07) is 12.5. The third-order valence-electron chi connectivity index (χ3n) is 2.84. The van der Waals surface area contributed by atoms with Gasteiger partial charge in [0.2, 0.25) is 0 Å². The number of hydrogen-bond donors (Lipinski definition) is 0. The van der Waals surface area contributed by atoms with E-state index in [4.69, 9.17) is 14.2 Å². The molecule has 0 spiro atoms. The molecule has 1 atom stereocenters. The van der Waals surface area contributed by atoms with Crippen molar-refractivity contribution >= 4 is 17.7 Å². The van der Waals surface area contributed by atoms with Crippen LogP contribution in [0.1, 0.15) is 6.92 Å². The molecule has 6 heteroatoms. The van der Waals surface area contributed by atoms with Crippen LogP contribution in [0, 0.1) is 5.82 Å². The van der Waals surface area contributed by atoms with Gasteiger partial charge in [0.25, 0.3) is 0 Å². The van der Waals surface area contributed by atoms with Crippen LogP contribution < -0.4 is 9.47 Å². The molecule has 4 nitrogen and oxygen atoms in total. The van der Waals surface area contributed by atoms with Gasteiger partial charge in [-0.3, -0.25) is 0 Å². The molecule has 0 aliphatic carbocycles. The highest BCUT2D eigenvalue weighted by molar-refractivity contribution is 7.98. The molecule has 23 heavy (non-hydrogen) atoms. The van der Waals surface area contributed by atoms with Gasteiger partial charge in [-0.15, -0.1) is 11.8 Å². The van der Waals surface area contributed by atoms with Gasteiger partial charge < -0.3 is 14.2 Å². The van der Waals surface area contributed by atoms with Crippen LogP contribution in [-0.2, 0) is 9.53 Å². The van der Waals surface area contributed by atoms with Crippen molar-refractivity contribution in [2.45, 2.75) is 13.0 Å². The van der Waals surface area contributed by atoms with E-state index < -0.39 is 12.1 Å². The third kappa shape index (κ3) is 5.49. The minimum atomic E-state index is -0.689. The van der Waals surface area contributed by atoms with Crippen LogP contribution in [0.25, 0.3) is 0 Å². The second-order valence-corrected chi connectivity index (χ2v) is 5.47. The maximum absolute atomic E-state index is 12.8. The number of rotatable bonds is 7. The molecule has 0 saturated heterocycles. The molecular formula is C17H17FO4S. The number of esters is 1. The first-order valence-electron chi connectivity index (χ1n) is 6.94. The maximum Gasteiger partial charge on any atom is 0.347 e. The van der Waals surface area contributed by atoms with E-state index in [1.807, 2.05) is 6.26 Å². The highest BCUT2D eigenvalue weighted by Crippen LogP contribution is 2.24. The van der Waals surface area contributed by atoms with Gasteiger partial charge in [-0.1, -0.05) is 0 Å². The number of thioether (sulfide) groups is 1. The van der Waals surface area contributed by atoms with Crippen molar-refractivity contribution in [1.29, 1.82) is 0 Å². The molecule has 0 heterocycles. The van der Waals surface area contributed by atoms with Gasteiger partial charge in [0.1, 0.15) is 29.0 Å². The molecule has 122 valence electrons. The highest BCUT2D eigenvalue weighted by Gasteiger charge is 2.16. The molecule has 0 N–H and O–H groups in total. The van der Waals surface area contributed by atoms with E-state index in [0.29, 0.717) is 23.2 Å². The summed E-state index contributed by atoms with van der Waals surface area (Å²) in [6.07, 6.45) is 1.16. The van der Waals surface area contributed by atoms with Crippen molar-refractivity contribution in [2.24, 2.45) is 0 Å². The quantitative estimate of drug-likeness (QED) is 0.559. The first kappa shape index (κ1) is 17.1. The van der Waals surface area contributed by atoms with Gasteiger partial charge >= 0.3 is 5.97 Å². The molecule has 0 amide bonds. The summed E-state index contributed by atoms with van der Waals surface area (Å²) < 4.78 is 28.9. The normalized spacial score (nSPS) is 11.6. The first-order valence-corrected chi connectivity index (χ1v) is 8.33. The SMILES string of the molecule is CSCOC(=O)C(C)Oc1ccc(Oc2ccc(F)cc2)cc1. The molecule has 0 aromatic heterocycles. The lowest BCUT2D eigenvalue weighted by Gasteiger charge is -2.14. The molecule has 2 aromatic rings. The van der Waals surface area contributed by atoms with Gasteiger partial charge in [0.15, 0.2) is 6.10 Å². The van der Waals surface area contributed by atoms with Gasteiger partial charge in [0.05, 0.1) is 0 Å². The zero-order chi connectivity index (χ0) is 16.7. The Bertz CT molecular complexity index is 628. The van der Waals surface area contributed by atoms with E-state index in [9.17, 15) is 9.18 Å². The Kier molecular flexibility index (Phi) is 6.29. The van der Waals surface area contributed by atoms with Gasteiger partial charge in [-0.05, 0) is 61.7 Å². The second-order valence-electron chi connectivity index (χ2n) is 4.66. The monoisotopic (exact) mass is 336 g/mol. The Labute approximate surface area is 138 Å². The molecule has 0 aliphatic heterocycles. The smallest absolute Gasteiger partial charge is 0.347 e. The van der Waals surface area contributed by atoms with Crippen LogP contribution in [0.4, 0.5) is 4.39 Å². The summed E-state index contributed by atoms with van der Waals surface area (Å²) in [5.74, 6) is 1.23. The standard InChI is InChI=1S/C17H17FO4S/c1-12(17(19)20-11-23-2)21-14-7-9-16(10-8-14)22-15-5-3-13(18)4-6-15/h3-10,12H,11H2,1-2H3. The van der Waals surface area contributed by atoms with E-state index in [1.54, 1.807) is 43.3 Å². The molecular weight excluding hydrogens is 319 g/mol. The lowest BCUT2D eigenvalue weighted by molar-refractivity contribution is -0.148. The van der Waals surface area contributed by atoms with Crippen molar-refractivity contribution in [3.8, 4) is 17.2 Å². The van der Waals surface area contributed by atoms with E-state index in [2.05, 4.69) is 0 Å². The number of hydrogen-bond acceptors (Lipinski definition) is 5. The zero-order valence-electron chi connectivity index (χ0n) is 12.8. The van der Waals surface area contributed by atoms with Crippen molar-refractivity contribution in [1.82, 2.24) is 0 Å². The molecule has 0 bridgehead atoms. The Balaban J connectivity index is 1.91. The summed E-state index contributed by atoms with van der Waals surface area (Å²) in [5, 5.41) is 0. The lowest BCUT2D eigenvalue weighted by Crippen LogP contribution is -2.25. The van der Waals surface area contributed by atoms with Gasteiger partial charge in [0, 0.05) is 0 Å². The number of benzene rings is 2. The number of halogens is 1. The molecule has 0 fully saturated rings. The van der Waals surface area contributed by atoms with E-state index in [-0.39, 0.29) is 5.82 Å². The summed E-state index contributed by atoms with van der Waals surface area (Å²) in [7, 11) is 0. The van der Waals surface area contributed by atoms with Crippen LogP contribution in [0.5, 0.6) is 17.2 Å². The Hall–Kier alpha value is -2.21. The number of ether oxygens (including phenoxy) is 3. The summed E-state index contributed by atoms with van der Waals surface area (Å²) >= 11 is 1.42. The fraction of sp³-hybridized carbons (Fsp3) is 0.235. The zero-order valence-corrected chi connectivity index (χ0v) is 13.6. The van der Waals surface area contributed by atoms with Crippen LogP contribution in [0.15, 0.2) is 48.5 Å². The maximum atomic E-state index is 12.8. The number of carbonyl (C=O) groups is 1. The van der Waals surface area contributed by atoms with Crippen molar-refractivity contribution in [3.63, 3.8) is 0 Å². The largest absolute Gasteiger partial charge is 0.479 e. The molecule has 0 saturated carbocycles. The van der Waals surface area contributed by atoms with Crippen LogP contribution in [0.2, 0.25) is 0 Å². The molecule has 2 rings (SSSR count). The van der Waals surface area contributed by atoms with Gasteiger partial charge in [-0.25, -0.2) is 9.18 Å². The molecule has 0 radical (unpaired) electrons. The average Bonchev–Trinajstić information content (AvgIpc) is 2.56. The molecule has 2 aromatic carbocycles. The van der Waals surface area contributed by atoms with Crippen LogP contribution in [-0.4, -0.2) is 24.3 Å². The predicted octanol–water partition coefficient (Wildman–Crippen LogP) is 4.25. The fourth-order valence-corrected chi connectivity index (χ4v) is 1.95. The Morgan fingerprint density at radius 1 is 1.04 bits per heavy atom.